The number of hydrogen-bond donors (Lipinski definition) is 0. The van der Waals surface area contributed by atoms with E-state index in [1.165, 1.54) is 32.8 Å². The molecule has 0 amide bonds. The molecule has 0 saturated carbocycles. The van der Waals surface area contributed by atoms with Crippen LogP contribution in [0.4, 0.5) is 0 Å². The van der Waals surface area contributed by atoms with Crippen LogP contribution in [-0.4, -0.2) is 15.4 Å². The van der Waals surface area contributed by atoms with Crippen LogP contribution in [0.3, 0.4) is 0 Å². The lowest BCUT2D eigenvalue weighted by Gasteiger charge is -2.11. The zero-order valence-corrected chi connectivity index (χ0v) is 14.2. The van der Waals surface area contributed by atoms with E-state index >= 15 is 0 Å². The number of benzene rings is 3. The molecule has 4 aromatic rings. The van der Waals surface area contributed by atoms with Crippen molar-refractivity contribution in [3.05, 3.63) is 78.4 Å². The van der Waals surface area contributed by atoms with Crippen LogP contribution in [0.15, 0.2) is 67.1 Å². The average molecular weight is 335 g/mol. The van der Waals surface area contributed by atoms with Crippen molar-refractivity contribution in [2.24, 2.45) is 0 Å². The minimum atomic E-state index is 0.686. The Morgan fingerprint density at radius 1 is 0.917 bits per heavy atom. The third kappa shape index (κ3) is 2.90. The summed E-state index contributed by atoms with van der Waals surface area (Å²) < 4.78 is 2.23. The molecule has 0 N–H and O–H groups in total. The minimum absolute atomic E-state index is 0.686. The number of alkyl halides is 1. The molecule has 0 bridgehead atoms. The van der Waals surface area contributed by atoms with E-state index in [9.17, 15) is 0 Å². The first-order valence-corrected chi connectivity index (χ1v) is 8.84. The van der Waals surface area contributed by atoms with Crippen LogP contribution in [0.1, 0.15) is 17.7 Å². The summed E-state index contributed by atoms with van der Waals surface area (Å²) in [6.07, 6.45) is 5.82. The summed E-state index contributed by atoms with van der Waals surface area (Å²) in [6.45, 7) is 0.841. The van der Waals surface area contributed by atoms with E-state index in [0.29, 0.717) is 5.88 Å². The van der Waals surface area contributed by atoms with Gasteiger partial charge in [-0.1, -0.05) is 42.5 Å². The van der Waals surface area contributed by atoms with Crippen molar-refractivity contribution < 1.29 is 0 Å². The summed E-state index contributed by atoms with van der Waals surface area (Å²) in [5.41, 5.74) is 2.57. The molecule has 2 nitrogen and oxygen atoms in total. The Morgan fingerprint density at radius 2 is 1.71 bits per heavy atom. The fourth-order valence-corrected chi connectivity index (χ4v) is 3.43. The van der Waals surface area contributed by atoms with Crippen LogP contribution in [0.5, 0.6) is 0 Å². The van der Waals surface area contributed by atoms with E-state index in [1.807, 2.05) is 12.5 Å². The SMILES string of the molecule is ClCCCc1cncn1Cc1cccc2cc3ccccc3cc12. The van der Waals surface area contributed by atoms with Gasteiger partial charge in [-0.25, -0.2) is 4.98 Å². The standard InChI is InChI=1S/C21H19ClN2/c22-10-4-9-20-13-23-15-24(20)14-19-8-3-7-18-11-16-5-1-2-6-17(16)12-21(18)19/h1-3,5-8,11-13,15H,4,9-10,14H2. The molecule has 1 aromatic heterocycles. The number of imidazole rings is 1. The van der Waals surface area contributed by atoms with Crippen LogP contribution < -0.4 is 0 Å². The topological polar surface area (TPSA) is 17.8 Å². The number of rotatable bonds is 5. The van der Waals surface area contributed by atoms with E-state index in [1.54, 1.807) is 0 Å². The zero-order chi connectivity index (χ0) is 16.4. The van der Waals surface area contributed by atoms with Crippen LogP contribution in [-0.2, 0) is 13.0 Å². The molecule has 120 valence electrons. The zero-order valence-electron chi connectivity index (χ0n) is 13.5. The molecule has 0 aliphatic carbocycles. The highest BCUT2D eigenvalue weighted by molar-refractivity contribution is 6.17. The van der Waals surface area contributed by atoms with Crippen molar-refractivity contribution in [3.63, 3.8) is 0 Å². The van der Waals surface area contributed by atoms with Crippen molar-refractivity contribution >= 4 is 33.1 Å². The predicted octanol–water partition coefficient (Wildman–Crippen LogP) is 5.41. The summed E-state index contributed by atoms with van der Waals surface area (Å²) in [6, 6.07) is 19.6. The van der Waals surface area contributed by atoms with Gasteiger partial charge in [0.25, 0.3) is 0 Å². The number of nitrogens with zero attached hydrogens (tertiary/aromatic N) is 2. The van der Waals surface area contributed by atoms with Crippen molar-refractivity contribution in [2.75, 3.05) is 5.88 Å². The third-order valence-corrected chi connectivity index (χ3v) is 4.81. The summed E-state index contributed by atoms with van der Waals surface area (Å²) in [5, 5.41) is 5.17. The van der Waals surface area contributed by atoms with Crippen LogP contribution in [0.2, 0.25) is 0 Å². The molecule has 0 fully saturated rings. The van der Waals surface area contributed by atoms with E-state index in [2.05, 4.69) is 64.1 Å². The Balaban J connectivity index is 1.76. The Labute approximate surface area is 146 Å². The number of fused-ring (bicyclic) bond motifs is 2. The Hall–Kier alpha value is -2.32. The summed E-state index contributed by atoms with van der Waals surface area (Å²) in [7, 11) is 0. The monoisotopic (exact) mass is 334 g/mol. The molecule has 4 rings (SSSR count). The molecule has 1 heterocycles. The van der Waals surface area contributed by atoms with Gasteiger partial charge in [-0.05, 0) is 52.1 Å². The number of halogens is 1. The second-order valence-electron chi connectivity index (χ2n) is 6.14. The first kappa shape index (κ1) is 15.2. The molecule has 0 spiro atoms. The lowest BCUT2D eigenvalue weighted by atomic mass is 9.99. The molecule has 0 radical (unpaired) electrons. The molecule has 0 aliphatic rings. The fraction of sp³-hybridized carbons (Fsp3) is 0.190. The first-order chi connectivity index (χ1) is 11.8. The lowest BCUT2D eigenvalue weighted by molar-refractivity contribution is 0.727. The highest BCUT2D eigenvalue weighted by Crippen LogP contribution is 2.26. The van der Waals surface area contributed by atoms with Gasteiger partial charge in [0.15, 0.2) is 0 Å². The van der Waals surface area contributed by atoms with Gasteiger partial charge in [-0.3, -0.25) is 0 Å². The van der Waals surface area contributed by atoms with Gasteiger partial charge in [-0.15, -0.1) is 11.6 Å². The van der Waals surface area contributed by atoms with E-state index in [-0.39, 0.29) is 0 Å². The van der Waals surface area contributed by atoms with E-state index in [4.69, 9.17) is 11.6 Å². The fourth-order valence-electron chi connectivity index (χ4n) is 3.30. The second-order valence-corrected chi connectivity index (χ2v) is 6.52. The first-order valence-electron chi connectivity index (χ1n) is 8.30. The molecule has 0 atom stereocenters. The normalized spacial score (nSPS) is 11.4. The number of aromatic nitrogens is 2. The van der Waals surface area contributed by atoms with Gasteiger partial charge in [0.05, 0.1) is 6.33 Å². The maximum atomic E-state index is 5.83. The van der Waals surface area contributed by atoms with Gasteiger partial charge in [-0.2, -0.15) is 0 Å². The Bertz CT molecular complexity index is 987. The maximum absolute atomic E-state index is 5.83. The molecule has 3 heteroatoms. The molecular weight excluding hydrogens is 316 g/mol. The summed E-state index contributed by atoms with van der Waals surface area (Å²) >= 11 is 5.83. The summed E-state index contributed by atoms with van der Waals surface area (Å²) in [4.78, 5) is 4.32. The quantitative estimate of drug-likeness (QED) is 0.352. The van der Waals surface area contributed by atoms with Crippen molar-refractivity contribution in [1.29, 1.82) is 0 Å². The van der Waals surface area contributed by atoms with Crippen LogP contribution >= 0.6 is 11.6 Å². The van der Waals surface area contributed by atoms with Gasteiger partial charge in [0.1, 0.15) is 0 Å². The smallest absolute Gasteiger partial charge is 0.0951 e. The Kier molecular flexibility index (Phi) is 4.22. The van der Waals surface area contributed by atoms with Gasteiger partial charge in [0, 0.05) is 24.3 Å². The van der Waals surface area contributed by atoms with Gasteiger partial charge < -0.3 is 4.57 Å². The Morgan fingerprint density at radius 3 is 2.54 bits per heavy atom. The summed E-state index contributed by atoms with van der Waals surface area (Å²) in [5.74, 6) is 0.686. The van der Waals surface area contributed by atoms with Crippen molar-refractivity contribution in [2.45, 2.75) is 19.4 Å². The van der Waals surface area contributed by atoms with Gasteiger partial charge in [0.2, 0.25) is 0 Å². The molecule has 3 aromatic carbocycles. The highest BCUT2D eigenvalue weighted by Gasteiger charge is 2.07. The predicted molar refractivity (Wildman–Crippen MR) is 102 cm³/mol. The van der Waals surface area contributed by atoms with E-state index < -0.39 is 0 Å². The number of aryl methyl sites for hydroxylation is 1. The highest BCUT2D eigenvalue weighted by atomic mass is 35.5. The van der Waals surface area contributed by atoms with E-state index in [0.717, 1.165) is 19.4 Å². The molecule has 24 heavy (non-hydrogen) atoms. The third-order valence-electron chi connectivity index (χ3n) is 4.54. The largest absolute Gasteiger partial charge is 0.330 e. The van der Waals surface area contributed by atoms with Crippen LogP contribution in [0, 0.1) is 0 Å². The van der Waals surface area contributed by atoms with Crippen molar-refractivity contribution in [3.8, 4) is 0 Å². The second kappa shape index (κ2) is 6.66. The molecule has 0 unspecified atom stereocenters. The lowest BCUT2D eigenvalue weighted by Crippen LogP contribution is -2.04. The van der Waals surface area contributed by atoms with Crippen LogP contribution in [0.25, 0.3) is 21.5 Å². The average Bonchev–Trinajstić information content (AvgIpc) is 3.05. The minimum Gasteiger partial charge on any atom is -0.330 e. The van der Waals surface area contributed by atoms with Gasteiger partial charge >= 0.3 is 0 Å². The maximum Gasteiger partial charge on any atom is 0.0951 e. The molecule has 0 saturated heterocycles. The van der Waals surface area contributed by atoms with Crippen molar-refractivity contribution in [1.82, 2.24) is 9.55 Å². The molecule has 0 aliphatic heterocycles. The molecular formula is C21H19ClN2. The number of hydrogen-bond acceptors (Lipinski definition) is 1.